The van der Waals surface area contributed by atoms with E-state index in [1.807, 2.05) is 0 Å². The minimum absolute atomic E-state index is 0.00734. The number of Topliss-reactive ketones (excluding diaryl/α,β-unsaturated/α-hetero) is 2. The number of fused-ring (bicyclic) bond motifs is 2. The predicted molar refractivity (Wildman–Crippen MR) is 177 cm³/mol. The Morgan fingerprint density at radius 3 is 2.39 bits per heavy atom. The molecule has 3 aliphatic rings. The second-order valence-electron chi connectivity index (χ2n) is 12.0. The third-order valence-electron chi connectivity index (χ3n) is 9.47. The number of hydrogen-bond donors (Lipinski definition) is 2. The average Bonchev–Trinajstić information content (AvgIpc) is 3.69. The summed E-state index contributed by atoms with van der Waals surface area (Å²) in [6.07, 6.45) is 0.0806. The normalized spacial score (nSPS) is 20.8. The first-order chi connectivity index (χ1) is 23.3. The fourth-order valence-electron chi connectivity index (χ4n) is 6.97. The molecule has 7 rings (SSSR count). The first kappa shape index (κ1) is 32.3. The molecule has 2 aromatic carbocycles. The number of allylic oxidation sites excluding steroid dienone is 1. The topological polar surface area (TPSA) is 168 Å². The van der Waals surface area contributed by atoms with Crippen LogP contribution in [0.15, 0.2) is 61.7 Å². The van der Waals surface area contributed by atoms with Gasteiger partial charge in [-0.15, -0.1) is 0 Å². The number of halogens is 2. The number of anilines is 1. The molecule has 49 heavy (non-hydrogen) atoms. The fraction of sp³-hybridized carbons (Fsp3) is 0.265. The molecular weight excluding hydrogens is 681 g/mol. The minimum atomic E-state index is -2.11. The number of aromatic nitrogens is 2. The predicted octanol–water partition coefficient (Wildman–Crippen LogP) is 4.80. The van der Waals surface area contributed by atoms with Crippen LogP contribution in [0, 0.1) is 5.92 Å². The van der Waals surface area contributed by atoms with Crippen molar-refractivity contribution in [2.24, 2.45) is 20.0 Å². The van der Waals surface area contributed by atoms with E-state index in [9.17, 15) is 24.3 Å². The van der Waals surface area contributed by atoms with Gasteiger partial charge in [0, 0.05) is 42.9 Å². The number of benzene rings is 2. The number of carbonyl (C=O) groups is 3. The number of carboxylic acids is 1. The highest BCUT2D eigenvalue weighted by molar-refractivity contribution is 6.36. The Balaban J connectivity index is 1.46. The van der Waals surface area contributed by atoms with Crippen LogP contribution in [0.5, 0.6) is 17.2 Å². The molecule has 1 unspecified atom stereocenters. The highest BCUT2D eigenvalue weighted by Gasteiger charge is 2.64. The van der Waals surface area contributed by atoms with E-state index in [0.29, 0.717) is 5.70 Å². The van der Waals surface area contributed by atoms with Gasteiger partial charge in [0.05, 0.1) is 36.3 Å². The van der Waals surface area contributed by atoms with Gasteiger partial charge in [0.15, 0.2) is 5.75 Å². The lowest BCUT2D eigenvalue weighted by Crippen LogP contribution is -2.58. The maximum absolute atomic E-state index is 15.1. The quantitative estimate of drug-likeness (QED) is 0.273. The molecule has 0 bridgehead atoms. The maximum atomic E-state index is 15.1. The van der Waals surface area contributed by atoms with Crippen LogP contribution >= 0.6 is 23.2 Å². The first-order valence-electron chi connectivity index (χ1n) is 14.9. The van der Waals surface area contributed by atoms with Crippen LogP contribution in [0.1, 0.15) is 51.3 Å². The Kier molecular flexibility index (Phi) is 7.34. The third-order valence-corrected chi connectivity index (χ3v) is 10.2. The van der Waals surface area contributed by atoms with E-state index in [2.05, 4.69) is 5.32 Å². The Morgan fingerprint density at radius 1 is 1.00 bits per heavy atom. The van der Waals surface area contributed by atoms with Crippen LogP contribution in [0.25, 0.3) is 11.3 Å². The highest BCUT2D eigenvalue weighted by Crippen LogP contribution is 2.56. The van der Waals surface area contributed by atoms with Gasteiger partial charge in [-0.3, -0.25) is 23.5 Å². The summed E-state index contributed by atoms with van der Waals surface area (Å²) in [5, 5.41) is 12.9. The van der Waals surface area contributed by atoms with Gasteiger partial charge in [-0.2, -0.15) is 0 Å². The summed E-state index contributed by atoms with van der Waals surface area (Å²) in [4.78, 5) is 68.2. The molecule has 15 heteroatoms. The van der Waals surface area contributed by atoms with Crippen molar-refractivity contribution in [3.05, 3.63) is 101 Å². The molecule has 0 saturated heterocycles. The summed E-state index contributed by atoms with van der Waals surface area (Å²) in [6.45, 7) is 1.68. The van der Waals surface area contributed by atoms with Crippen molar-refractivity contribution >= 4 is 46.6 Å². The summed E-state index contributed by atoms with van der Waals surface area (Å²) in [5.41, 5.74) is -2.86. The number of furan rings is 1. The van der Waals surface area contributed by atoms with E-state index >= 15 is 4.79 Å². The molecule has 13 nitrogen and oxygen atoms in total. The summed E-state index contributed by atoms with van der Waals surface area (Å²) in [7, 11) is 5.54. The molecular formula is C34H27Cl2N3O10. The lowest BCUT2D eigenvalue weighted by molar-refractivity contribution is -0.130. The van der Waals surface area contributed by atoms with Crippen LogP contribution in [-0.4, -0.2) is 51.6 Å². The standard InChI is InChI=1S/C34H27Cl2N3O10/c1-13-10-17-22(28(40)34(13)29(41)24-20(46-4)12-21(47-5)26(36)27(24)49-34)23(25-30(37-17)38(2)33(45)39(3)31(25)42)19-9-8-18(48-19)15-11-14(32(43)44)6-7-16(15)35/h6-9,11-13,23,37H,10H2,1-5H3,(H,43,44)/t13-,23?,34+/m1/s1. The molecule has 2 N–H and O–H groups in total. The molecule has 4 aromatic rings. The first-order valence-corrected chi connectivity index (χ1v) is 15.7. The van der Waals surface area contributed by atoms with E-state index in [1.165, 1.54) is 69.3 Å². The van der Waals surface area contributed by atoms with E-state index < -0.39 is 46.2 Å². The van der Waals surface area contributed by atoms with Gasteiger partial charge < -0.3 is 29.1 Å². The van der Waals surface area contributed by atoms with Crippen molar-refractivity contribution in [1.82, 2.24) is 9.13 Å². The number of ketones is 2. The molecule has 1 spiro atoms. The van der Waals surface area contributed by atoms with Crippen molar-refractivity contribution in [1.29, 1.82) is 0 Å². The third kappa shape index (κ3) is 4.34. The second-order valence-corrected chi connectivity index (χ2v) is 12.8. The van der Waals surface area contributed by atoms with E-state index in [1.54, 1.807) is 6.92 Å². The number of hydrogen-bond acceptors (Lipinski definition) is 10. The van der Waals surface area contributed by atoms with Gasteiger partial charge in [-0.1, -0.05) is 30.1 Å². The van der Waals surface area contributed by atoms with E-state index in [4.69, 9.17) is 41.8 Å². The molecule has 3 atom stereocenters. The Morgan fingerprint density at radius 2 is 1.71 bits per heavy atom. The summed E-state index contributed by atoms with van der Waals surface area (Å²) in [5.74, 6) is -4.02. The van der Waals surface area contributed by atoms with Gasteiger partial charge >= 0.3 is 11.7 Å². The van der Waals surface area contributed by atoms with Crippen LogP contribution in [0.3, 0.4) is 0 Å². The number of carbonyl (C=O) groups excluding carboxylic acids is 2. The number of carboxylic acid groups (broad SMARTS) is 1. The molecule has 0 amide bonds. The smallest absolute Gasteiger partial charge is 0.335 e. The Labute approximate surface area is 287 Å². The number of aromatic carboxylic acids is 1. The van der Waals surface area contributed by atoms with E-state index in [-0.39, 0.29) is 78.9 Å². The van der Waals surface area contributed by atoms with Gasteiger partial charge in [0.25, 0.3) is 5.56 Å². The number of nitrogens with one attached hydrogen (secondary N) is 1. The van der Waals surface area contributed by atoms with Crippen molar-refractivity contribution in [3.63, 3.8) is 0 Å². The van der Waals surface area contributed by atoms with Gasteiger partial charge in [0.2, 0.25) is 17.2 Å². The van der Waals surface area contributed by atoms with Crippen molar-refractivity contribution in [3.8, 4) is 28.6 Å². The fourth-order valence-corrected chi connectivity index (χ4v) is 7.45. The number of nitrogens with zero attached hydrogens (tertiary/aromatic N) is 2. The molecule has 2 aromatic heterocycles. The second kappa shape index (κ2) is 11.1. The average molecular weight is 709 g/mol. The molecule has 0 radical (unpaired) electrons. The zero-order valence-electron chi connectivity index (χ0n) is 26.6. The Hall–Kier alpha value is -5.27. The molecule has 0 saturated carbocycles. The van der Waals surface area contributed by atoms with Crippen molar-refractivity contribution < 1.29 is 38.1 Å². The Bertz CT molecular complexity index is 2330. The monoisotopic (exact) mass is 707 g/mol. The lowest BCUT2D eigenvalue weighted by Gasteiger charge is -2.42. The number of ether oxygens (including phenoxy) is 3. The van der Waals surface area contributed by atoms with Crippen LogP contribution in [-0.2, 0) is 18.9 Å². The molecule has 0 fully saturated rings. The SMILES string of the molecule is COc1cc(OC)c2c(c1Cl)O[C@@]1(C(=O)C3=C(C[C@H]1C)Nc1c(c(=O)n(C)c(=O)n1C)C3c1ccc(-c3cc(C(=O)O)ccc3Cl)o1)C2=O. The van der Waals surface area contributed by atoms with Gasteiger partial charge in [-0.05, 0) is 36.8 Å². The largest absolute Gasteiger partial charge is 0.496 e. The van der Waals surface area contributed by atoms with Crippen molar-refractivity contribution in [2.45, 2.75) is 24.9 Å². The molecule has 4 heterocycles. The summed E-state index contributed by atoms with van der Waals surface area (Å²) < 4.78 is 25.6. The van der Waals surface area contributed by atoms with Crippen molar-refractivity contribution in [2.75, 3.05) is 19.5 Å². The van der Waals surface area contributed by atoms with Gasteiger partial charge in [0.1, 0.15) is 39.4 Å². The van der Waals surface area contributed by atoms with Crippen LogP contribution in [0.4, 0.5) is 5.82 Å². The molecule has 1 aliphatic carbocycles. The molecule has 252 valence electrons. The summed E-state index contributed by atoms with van der Waals surface area (Å²) in [6, 6.07) is 8.60. The minimum Gasteiger partial charge on any atom is -0.496 e. The summed E-state index contributed by atoms with van der Waals surface area (Å²) >= 11 is 13.1. The van der Waals surface area contributed by atoms with Crippen LogP contribution in [0.2, 0.25) is 10.0 Å². The zero-order valence-corrected chi connectivity index (χ0v) is 28.1. The highest BCUT2D eigenvalue weighted by atomic mass is 35.5. The van der Waals surface area contributed by atoms with Crippen LogP contribution < -0.4 is 30.8 Å². The number of rotatable bonds is 5. The maximum Gasteiger partial charge on any atom is 0.335 e. The molecule has 2 aliphatic heterocycles. The number of methoxy groups -OCH3 is 2. The lowest BCUT2D eigenvalue weighted by atomic mass is 9.66. The van der Waals surface area contributed by atoms with Gasteiger partial charge in [-0.25, -0.2) is 9.59 Å². The zero-order chi connectivity index (χ0) is 35.3. The van der Waals surface area contributed by atoms with E-state index in [0.717, 1.165) is 4.57 Å².